The SMILES string of the molecule is CCOc1cc(/C=C2/SC(=O)N(Cc3ccccc3Br)C2=O)cc(Cl)c1OCC. The number of benzene rings is 2. The van der Waals surface area contributed by atoms with E-state index < -0.39 is 0 Å². The number of thioether (sulfide) groups is 1. The van der Waals surface area contributed by atoms with Crippen molar-refractivity contribution in [1.29, 1.82) is 0 Å². The van der Waals surface area contributed by atoms with Gasteiger partial charge < -0.3 is 9.47 Å². The van der Waals surface area contributed by atoms with E-state index in [0.717, 1.165) is 21.8 Å². The molecule has 0 aromatic heterocycles. The Hall–Kier alpha value is -1.96. The Morgan fingerprint density at radius 1 is 1.14 bits per heavy atom. The van der Waals surface area contributed by atoms with Crippen molar-refractivity contribution in [3.05, 3.63) is 61.9 Å². The summed E-state index contributed by atoms with van der Waals surface area (Å²) in [5.74, 6) is 0.634. The molecule has 3 rings (SSSR count). The number of halogens is 2. The molecule has 29 heavy (non-hydrogen) atoms. The van der Waals surface area contributed by atoms with Crippen molar-refractivity contribution >= 4 is 56.5 Å². The average Bonchev–Trinajstić information content (AvgIpc) is 2.94. The molecular weight excluding hydrogens is 478 g/mol. The number of ether oxygens (including phenoxy) is 2. The van der Waals surface area contributed by atoms with Gasteiger partial charge in [0.25, 0.3) is 11.1 Å². The third-order valence-electron chi connectivity index (χ3n) is 4.08. The van der Waals surface area contributed by atoms with Gasteiger partial charge in [0.2, 0.25) is 0 Å². The number of hydrogen-bond acceptors (Lipinski definition) is 5. The predicted molar refractivity (Wildman–Crippen MR) is 119 cm³/mol. The Kier molecular flexibility index (Phi) is 7.27. The Morgan fingerprint density at radius 3 is 2.55 bits per heavy atom. The van der Waals surface area contributed by atoms with Crippen LogP contribution in [0.5, 0.6) is 11.5 Å². The topological polar surface area (TPSA) is 55.8 Å². The molecule has 1 aliphatic rings. The number of rotatable bonds is 7. The summed E-state index contributed by atoms with van der Waals surface area (Å²) in [6, 6.07) is 10.9. The zero-order chi connectivity index (χ0) is 21.0. The maximum absolute atomic E-state index is 12.8. The molecule has 2 amide bonds. The third-order valence-corrected chi connectivity index (χ3v) is 6.04. The lowest BCUT2D eigenvalue weighted by atomic mass is 10.1. The van der Waals surface area contributed by atoms with Gasteiger partial charge in [-0.25, -0.2) is 0 Å². The lowest BCUT2D eigenvalue weighted by molar-refractivity contribution is -0.123. The van der Waals surface area contributed by atoms with Crippen LogP contribution in [-0.2, 0) is 11.3 Å². The van der Waals surface area contributed by atoms with Gasteiger partial charge in [-0.15, -0.1) is 0 Å². The van der Waals surface area contributed by atoms with Gasteiger partial charge in [-0.2, -0.15) is 0 Å². The summed E-state index contributed by atoms with van der Waals surface area (Å²) in [5, 5.41) is 0.0792. The predicted octanol–water partition coefficient (Wildman–Crippen LogP) is 6.14. The maximum Gasteiger partial charge on any atom is 0.293 e. The molecule has 152 valence electrons. The highest BCUT2D eigenvalue weighted by molar-refractivity contribution is 9.10. The normalized spacial score (nSPS) is 15.3. The van der Waals surface area contributed by atoms with Gasteiger partial charge >= 0.3 is 0 Å². The van der Waals surface area contributed by atoms with Crippen LogP contribution in [0.25, 0.3) is 6.08 Å². The van der Waals surface area contributed by atoms with E-state index in [9.17, 15) is 9.59 Å². The van der Waals surface area contributed by atoms with Crippen LogP contribution in [0.15, 0.2) is 45.8 Å². The first-order valence-corrected chi connectivity index (χ1v) is 11.0. The average molecular weight is 497 g/mol. The van der Waals surface area contributed by atoms with Gasteiger partial charge in [-0.05, 0) is 61.0 Å². The highest BCUT2D eigenvalue weighted by atomic mass is 79.9. The molecule has 0 aliphatic carbocycles. The highest BCUT2D eigenvalue weighted by Gasteiger charge is 2.35. The second-order valence-corrected chi connectivity index (χ2v) is 8.31. The minimum Gasteiger partial charge on any atom is -0.490 e. The number of carbonyl (C=O) groups excluding carboxylic acids is 2. The molecule has 0 saturated carbocycles. The van der Waals surface area contributed by atoms with E-state index in [0.29, 0.717) is 40.2 Å². The minimum absolute atomic E-state index is 0.206. The lowest BCUT2D eigenvalue weighted by Crippen LogP contribution is -2.27. The zero-order valence-electron chi connectivity index (χ0n) is 15.9. The summed E-state index contributed by atoms with van der Waals surface area (Å²) in [6.07, 6.45) is 1.65. The van der Waals surface area contributed by atoms with Crippen LogP contribution in [0, 0.1) is 0 Å². The number of hydrogen-bond donors (Lipinski definition) is 0. The molecule has 5 nitrogen and oxygen atoms in total. The standard InChI is InChI=1S/C21H19BrClNO4S/c1-3-27-17-10-13(9-16(23)19(17)28-4-2)11-18-20(25)24(21(26)29-18)12-14-7-5-6-8-15(14)22/h5-11H,3-4,12H2,1-2H3/b18-11+. The molecule has 2 aromatic carbocycles. The van der Waals surface area contributed by atoms with Crippen molar-refractivity contribution in [3.63, 3.8) is 0 Å². The van der Waals surface area contributed by atoms with Crippen molar-refractivity contribution in [2.45, 2.75) is 20.4 Å². The smallest absolute Gasteiger partial charge is 0.293 e. The zero-order valence-corrected chi connectivity index (χ0v) is 19.1. The van der Waals surface area contributed by atoms with E-state index in [1.54, 1.807) is 18.2 Å². The van der Waals surface area contributed by atoms with Crippen LogP contribution in [-0.4, -0.2) is 29.3 Å². The largest absolute Gasteiger partial charge is 0.490 e. The van der Waals surface area contributed by atoms with Crippen molar-refractivity contribution in [2.75, 3.05) is 13.2 Å². The van der Waals surface area contributed by atoms with E-state index in [1.807, 2.05) is 38.1 Å². The summed E-state index contributed by atoms with van der Waals surface area (Å²) < 4.78 is 12.0. The first kappa shape index (κ1) is 21.7. The Balaban J connectivity index is 1.88. The van der Waals surface area contributed by atoms with E-state index in [1.165, 1.54) is 4.90 Å². The van der Waals surface area contributed by atoms with E-state index in [2.05, 4.69) is 15.9 Å². The molecule has 0 bridgehead atoms. The first-order valence-electron chi connectivity index (χ1n) is 9.02. The van der Waals surface area contributed by atoms with Gasteiger partial charge in [0, 0.05) is 4.47 Å². The summed E-state index contributed by atoms with van der Waals surface area (Å²) >= 11 is 10.7. The van der Waals surface area contributed by atoms with Crippen LogP contribution in [0.1, 0.15) is 25.0 Å². The van der Waals surface area contributed by atoms with E-state index >= 15 is 0 Å². The highest BCUT2D eigenvalue weighted by Crippen LogP contribution is 2.39. The fourth-order valence-electron chi connectivity index (χ4n) is 2.80. The van der Waals surface area contributed by atoms with E-state index in [-0.39, 0.29) is 17.7 Å². The number of nitrogens with zero attached hydrogens (tertiary/aromatic N) is 1. The second kappa shape index (κ2) is 9.69. The van der Waals surface area contributed by atoms with Crippen molar-refractivity contribution < 1.29 is 19.1 Å². The lowest BCUT2D eigenvalue weighted by Gasteiger charge is -2.14. The van der Waals surface area contributed by atoms with Crippen LogP contribution in [0.3, 0.4) is 0 Å². The fraction of sp³-hybridized carbons (Fsp3) is 0.238. The van der Waals surface area contributed by atoms with E-state index in [4.69, 9.17) is 21.1 Å². The summed E-state index contributed by atoms with van der Waals surface area (Å²) in [5.41, 5.74) is 1.52. The molecule has 0 atom stereocenters. The number of amides is 2. The number of carbonyl (C=O) groups is 2. The number of imide groups is 1. The Labute approximate surface area is 187 Å². The summed E-state index contributed by atoms with van der Waals surface area (Å²) in [4.78, 5) is 26.8. The third kappa shape index (κ3) is 4.97. The van der Waals surface area contributed by atoms with Crippen LogP contribution < -0.4 is 9.47 Å². The molecular formula is C21H19BrClNO4S. The summed E-state index contributed by atoms with van der Waals surface area (Å²) in [7, 11) is 0. The molecule has 0 spiro atoms. The first-order chi connectivity index (χ1) is 13.9. The monoisotopic (exact) mass is 495 g/mol. The molecule has 0 unspecified atom stereocenters. The Bertz CT molecular complexity index is 979. The van der Waals surface area contributed by atoms with Gasteiger partial charge in [-0.1, -0.05) is 45.7 Å². The molecule has 0 N–H and O–H groups in total. The molecule has 1 heterocycles. The molecule has 2 aromatic rings. The van der Waals surface area contributed by atoms with Crippen LogP contribution in [0.4, 0.5) is 4.79 Å². The van der Waals surface area contributed by atoms with Crippen molar-refractivity contribution in [2.24, 2.45) is 0 Å². The fourth-order valence-corrected chi connectivity index (χ4v) is 4.33. The van der Waals surface area contributed by atoms with Gasteiger partial charge in [-0.3, -0.25) is 14.5 Å². The van der Waals surface area contributed by atoms with Crippen LogP contribution >= 0.6 is 39.3 Å². The van der Waals surface area contributed by atoms with Gasteiger partial charge in [0.1, 0.15) is 0 Å². The van der Waals surface area contributed by atoms with Gasteiger partial charge in [0.15, 0.2) is 11.5 Å². The molecule has 0 radical (unpaired) electrons. The van der Waals surface area contributed by atoms with Crippen molar-refractivity contribution in [1.82, 2.24) is 4.90 Å². The maximum atomic E-state index is 12.8. The molecule has 1 aliphatic heterocycles. The molecule has 1 saturated heterocycles. The quantitative estimate of drug-likeness (QED) is 0.431. The minimum atomic E-state index is -0.335. The molecule has 8 heteroatoms. The van der Waals surface area contributed by atoms with Gasteiger partial charge in [0.05, 0.1) is 29.7 Å². The van der Waals surface area contributed by atoms with Crippen molar-refractivity contribution in [3.8, 4) is 11.5 Å². The molecule has 1 fully saturated rings. The summed E-state index contributed by atoms with van der Waals surface area (Å²) in [6.45, 7) is 4.83. The van der Waals surface area contributed by atoms with Crippen LogP contribution in [0.2, 0.25) is 5.02 Å². The second-order valence-electron chi connectivity index (χ2n) is 6.06. The Morgan fingerprint density at radius 2 is 1.86 bits per heavy atom.